The van der Waals surface area contributed by atoms with Gasteiger partial charge in [0.25, 0.3) is 0 Å². The molecule has 2 aromatic rings. The predicted octanol–water partition coefficient (Wildman–Crippen LogP) is 1.30. The van der Waals surface area contributed by atoms with Crippen molar-refractivity contribution in [2.45, 2.75) is 31.7 Å². The number of carbonyl (C=O) groups is 1. The molecule has 0 saturated heterocycles. The molecule has 0 aliphatic heterocycles. The van der Waals surface area contributed by atoms with Gasteiger partial charge in [-0.05, 0) is 30.4 Å². The lowest BCUT2D eigenvalue weighted by Gasteiger charge is -2.05. The van der Waals surface area contributed by atoms with Gasteiger partial charge in [0.05, 0.1) is 12.1 Å². The molecule has 0 amide bonds. The van der Waals surface area contributed by atoms with E-state index in [4.69, 9.17) is 10.8 Å². The van der Waals surface area contributed by atoms with Crippen LogP contribution in [0.1, 0.15) is 35.6 Å². The lowest BCUT2D eigenvalue weighted by atomic mass is 10.1. The number of carboxylic acids is 1. The van der Waals surface area contributed by atoms with Crippen molar-refractivity contribution in [2.24, 2.45) is 5.73 Å². The number of hydrogen-bond acceptors (Lipinski definition) is 3. The number of fused-ring (bicyclic) bond motifs is 1. The van der Waals surface area contributed by atoms with E-state index >= 15 is 0 Å². The summed E-state index contributed by atoms with van der Waals surface area (Å²) in [7, 11) is 0. The van der Waals surface area contributed by atoms with Crippen molar-refractivity contribution in [1.82, 2.24) is 9.38 Å². The zero-order chi connectivity index (χ0) is 12.7. The highest BCUT2D eigenvalue weighted by Crippen LogP contribution is 2.40. The number of nitrogens with two attached hydrogens (primary N) is 1. The van der Waals surface area contributed by atoms with E-state index < -0.39 is 5.97 Å². The molecule has 3 rings (SSSR count). The highest BCUT2D eigenvalue weighted by atomic mass is 16.4. The van der Waals surface area contributed by atoms with Crippen LogP contribution in [0.4, 0.5) is 0 Å². The minimum absolute atomic E-state index is 0.00504. The average Bonchev–Trinajstić information content (AvgIpc) is 3.08. The van der Waals surface area contributed by atoms with Crippen LogP contribution in [0, 0.1) is 0 Å². The monoisotopic (exact) mass is 245 g/mol. The summed E-state index contributed by atoms with van der Waals surface area (Å²) in [5.74, 6) is -0.243. The molecule has 1 aliphatic carbocycles. The summed E-state index contributed by atoms with van der Waals surface area (Å²) < 4.78 is 1.91. The fourth-order valence-corrected chi connectivity index (χ4v) is 2.28. The van der Waals surface area contributed by atoms with Crippen LogP contribution < -0.4 is 5.73 Å². The number of hydrogen-bond donors (Lipinski definition) is 2. The van der Waals surface area contributed by atoms with Gasteiger partial charge in [-0.25, -0.2) is 4.98 Å². The summed E-state index contributed by atoms with van der Waals surface area (Å²) in [6, 6.07) is 1.98. The van der Waals surface area contributed by atoms with Crippen molar-refractivity contribution in [2.75, 3.05) is 0 Å². The van der Waals surface area contributed by atoms with Gasteiger partial charge in [-0.2, -0.15) is 0 Å². The van der Waals surface area contributed by atoms with Crippen molar-refractivity contribution >= 4 is 11.6 Å². The van der Waals surface area contributed by atoms with Crippen LogP contribution in [-0.2, 0) is 17.8 Å². The molecule has 5 nitrogen and oxygen atoms in total. The number of carboxylic acid groups (broad SMARTS) is 1. The molecule has 0 bridgehead atoms. The Kier molecular flexibility index (Phi) is 2.56. The molecule has 2 aromatic heterocycles. The minimum Gasteiger partial charge on any atom is -0.481 e. The third-order valence-electron chi connectivity index (χ3n) is 3.30. The zero-order valence-corrected chi connectivity index (χ0v) is 9.97. The number of imidazole rings is 1. The van der Waals surface area contributed by atoms with E-state index in [0.29, 0.717) is 18.1 Å². The first-order valence-electron chi connectivity index (χ1n) is 6.09. The topological polar surface area (TPSA) is 80.6 Å². The summed E-state index contributed by atoms with van der Waals surface area (Å²) in [5.41, 5.74) is 9.06. The molecule has 0 radical (unpaired) electrons. The van der Waals surface area contributed by atoms with Gasteiger partial charge >= 0.3 is 5.97 Å². The van der Waals surface area contributed by atoms with Crippen LogP contribution in [0.2, 0.25) is 0 Å². The first-order valence-corrected chi connectivity index (χ1v) is 6.09. The van der Waals surface area contributed by atoms with Gasteiger partial charge < -0.3 is 15.2 Å². The van der Waals surface area contributed by atoms with Crippen LogP contribution in [0.5, 0.6) is 0 Å². The Balaban J connectivity index is 2.14. The second-order valence-electron chi connectivity index (χ2n) is 4.81. The molecule has 3 N–H and O–H groups in total. The number of aliphatic carboxylic acids is 1. The molecule has 94 valence electrons. The van der Waals surface area contributed by atoms with Crippen molar-refractivity contribution < 1.29 is 9.90 Å². The standard InChI is InChI=1S/C13H15N3O2/c14-5-11-7-16-6-10(8-1-2-8)3-9(4-12(17)18)13(16)15-11/h3,6-8H,1-2,4-5,14H2,(H,17,18). The van der Waals surface area contributed by atoms with Gasteiger partial charge in [0, 0.05) is 24.5 Å². The number of pyridine rings is 1. The maximum atomic E-state index is 10.9. The lowest BCUT2D eigenvalue weighted by Crippen LogP contribution is -2.04. The Morgan fingerprint density at radius 2 is 2.28 bits per heavy atom. The van der Waals surface area contributed by atoms with Crippen LogP contribution >= 0.6 is 0 Å². The summed E-state index contributed by atoms with van der Waals surface area (Å²) in [6.07, 6.45) is 6.31. The molecule has 5 heteroatoms. The number of aromatic nitrogens is 2. The van der Waals surface area contributed by atoms with E-state index in [1.54, 1.807) is 0 Å². The van der Waals surface area contributed by atoms with Crippen molar-refractivity contribution in [1.29, 1.82) is 0 Å². The highest BCUT2D eigenvalue weighted by molar-refractivity contribution is 5.73. The first kappa shape index (κ1) is 11.2. The van der Waals surface area contributed by atoms with Crippen molar-refractivity contribution in [3.8, 4) is 0 Å². The maximum absolute atomic E-state index is 10.9. The molecule has 1 aliphatic rings. The van der Waals surface area contributed by atoms with Gasteiger partial charge in [-0.1, -0.05) is 0 Å². The lowest BCUT2D eigenvalue weighted by molar-refractivity contribution is -0.136. The SMILES string of the molecule is NCc1cn2cc(C3CC3)cc(CC(=O)O)c2n1. The molecule has 18 heavy (non-hydrogen) atoms. The van der Waals surface area contributed by atoms with E-state index in [1.807, 2.05) is 22.9 Å². The number of nitrogens with zero attached hydrogens (tertiary/aromatic N) is 2. The Labute approximate surface area is 104 Å². The quantitative estimate of drug-likeness (QED) is 0.850. The smallest absolute Gasteiger partial charge is 0.307 e. The Hall–Kier alpha value is -1.88. The second-order valence-corrected chi connectivity index (χ2v) is 4.81. The third kappa shape index (κ3) is 1.97. The van der Waals surface area contributed by atoms with E-state index in [0.717, 1.165) is 11.3 Å². The van der Waals surface area contributed by atoms with Gasteiger partial charge in [0.15, 0.2) is 0 Å². The van der Waals surface area contributed by atoms with Crippen molar-refractivity contribution in [3.05, 3.63) is 35.3 Å². The molecule has 2 heterocycles. The summed E-state index contributed by atoms with van der Waals surface area (Å²) in [4.78, 5) is 15.3. The zero-order valence-electron chi connectivity index (χ0n) is 9.97. The highest BCUT2D eigenvalue weighted by Gasteiger charge is 2.25. The third-order valence-corrected chi connectivity index (χ3v) is 3.30. The number of rotatable bonds is 4. The van der Waals surface area contributed by atoms with Gasteiger partial charge in [-0.15, -0.1) is 0 Å². The van der Waals surface area contributed by atoms with E-state index in [1.165, 1.54) is 18.4 Å². The fraction of sp³-hybridized carbons (Fsp3) is 0.385. The van der Waals surface area contributed by atoms with Crippen LogP contribution in [-0.4, -0.2) is 20.5 Å². The minimum atomic E-state index is -0.831. The molecular formula is C13H15N3O2. The normalized spacial score (nSPS) is 15.2. The molecule has 1 saturated carbocycles. The van der Waals surface area contributed by atoms with Crippen molar-refractivity contribution in [3.63, 3.8) is 0 Å². The molecular weight excluding hydrogens is 230 g/mol. The largest absolute Gasteiger partial charge is 0.481 e. The molecule has 0 unspecified atom stereocenters. The van der Waals surface area contributed by atoms with E-state index in [2.05, 4.69) is 4.98 Å². The fourth-order valence-electron chi connectivity index (χ4n) is 2.28. The van der Waals surface area contributed by atoms with Crippen LogP contribution in [0.15, 0.2) is 18.5 Å². The van der Waals surface area contributed by atoms with E-state index in [-0.39, 0.29) is 6.42 Å². The first-order chi connectivity index (χ1) is 8.67. The summed E-state index contributed by atoms with van der Waals surface area (Å²) in [6.45, 7) is 0.368. The molecule has 0 spiro atoms. The summed E-state index contributed by atoms with van der Waals surface area (Å²) >= 11 is 0. The Bertz CT molecular complexity index is 614. The van der Waals surface area contributed by atoms with Crippen LogP contribution in [0.3, 0.4) is 0 Å². The average molecular weight is 245 g/mol. The molecule has 0 atom stereocenters. The molecule has 1 fully saturated rings. The Morgan fingerprint density at radius 3 is 2.89 bits per heavy atom. The predicted molar refractivity (Wildman–Crippen MR) is 66.4 cm³/mol. The van der Waals surface area contributed by atoms with E-state index in [9.17, 15) is 4.79 Å². The summed E-state index contributed by atoms with van der Waals surface area (Å²) in [5, 5.41) is 8.97. The molecule has 0 aromatic carbocycles. The van der Waals surface area contributed by atoms with Gasteiger partial charge in [0.2, 0.25) is 0 Å². The Morgan fingerprint density at radius 1 is 1.50 bits per heavy atom. The maximum Gasteiger partial charge on any atom is 0.307 e. The van der Waals surface area contributed by atoms with Gasteiger partial charge in [0.1, 0.15) is 5.65 Å². The van der Waals surface area contributed by atoms with Gasteiger partial charge in [-0.3, -0.25) is 4.79 Å². The second kappa shape index (κ2) is 4.10. The van der Waals surface area contributed by atoms with Crippen LogP contribution in [0.25, 0.3) is 5.65 Å².